The van der Waals surface area contributed by atoms with Crippen LogP contribution in [-0.4, -0.2) is 24.0 Å². The smallest absolute Gasteiger partial charge is 0.337 e. The lowest BCUT2D eigenvalue weighted by Gasteiger charge is -2.14. The number of benzene rings is 3. The largest absolute Gasteiger partial charge is 0.465 e. The Morgan fingerprint density at radius 2 is 1.53 bits per heavy atom. The van der Waals surface area contributed by atoms with Gasteiger partial charge in [-0.15, -0.1) is 0 Å². The molecule has 0 atom stereocenters. The van der Waals surface area contributed by atoms with E-state index in [2.05, 4.69) is 50.6 Å². The summed E-state index contributed by atoms with van der Waals surface area (Å²) in [4.78, 5) is 26.2. The van der Waals surface area contributed by atoms with Gasteiger partial charge in [-0.2, -0.15) is 0 Å². The van der Waals surface area contributed by atoms with Crippen molar-refractivity contribution in [1.29, 1.82) is 0 Å². The van der Waals surface area contributed by atoms with Crippen LogP contribution < -0.4 is 10.6 Å². The van der Waals surface area contributed by atoms with E-state index in [1.165, 1.54) is 23.8 Å². The zero-order valence-corrected chi connectivity index (χ0v) is 16.7. The fourth-order valence-electron chi connectivity index (χ4n) is 3.60. The second-order valence-corrected chi connectivity index (χ2v) is 7.26. The molecule has 0 spiro atoms. The number of nitrogens with one attached hydrogen (secondary N) is 2. The topological polar surface area (TPSA) is 70.7 Å². The molecule has 0 saturated heterocycles. The molecule has 1 aliphatic heterocycles. The highest BCUT2D eigenvalue weighted by Crippen LogP contribution is 2.27. The van der Waals surface area contributed by atoms with Crippen LogP contribution >= 0.6 is 0 Å². The molecule has 2 amide bonds. The Morgan fingerprint density at radius 1 is 0.867 bits per heavy atom. The molecule has 0 fully saturated rings. The molecule has 4 rings (SSSR count). The van der Waals surface area contributed by atoms with E-state index in [0.29, 0.717) is 11.3 Å². The Hall–Kier alpha value is -3.64. The normalized spacial score (nSPS) is 12.8. The molecule has 0 bridgehead atoms. The van der Waals surface area contributed by atoms with Crippen molar-refractivity contribution in [2.75, 3.05) is 17.7 Å². The van der Waals surface area contributed by atoms with Gasteiger partial charge >= 0.3 is 12.0 Å². The summed E-state index contributed by atoms with van der Waals surface area (Å²) in [6.07, 6.45) is 0. The van der Waals surface area contributed by atoms with Gasteiger partial charge in [0.2, 0.25) is 0 Å². The molecule has 6 heteroatoms. The molecule has 0 aromatic heterocycles. The van der Waals surface area contributed by atoms with E-state index < -0.39 is 5.97 Å². The first-order valence-corrected chi connectivity index (χ1v) is 9.75. The molecule has 1 aliphatic rings. The molecule has 6 nitrogen and oxygen atoms in total. The molecule has 30 heavy (non-hydrogen) atoms. The number of carbonyl (C=O) groups excluding carboxylic acids is 2. The average Bonchev–Trinajstić information content (AvgIpc) is 3.15. The van der Waals surface area contributed by atoms with E-state index in [1.54, 1.807) is 24.3 Å². The first-order valence-electron chi connectivity index (χ1n) is 9.75. The van der Waals surface area contributed by atoms with E-state index in [0.717, 1.165) is 25.3 Å². The number of nitrogens with zero attached hydrogens (tertiary/aromatic N) is 1. The second kappa shape index (κ2) is 8.80. The third-order valence-corrected chi connectivity index (χ3v) is 5.06. The maximum atomic E-state index is 12.3. The Bertz CT molecular complexity index is 1050. The fourth-order valence-corrected chi connectivity index (χ4v) is 3.60. The molecule has 2 N–H and O–H groups in total. The second-order valence-electron chi connectivity index (χ2n) is 7.26. The number of anilines is 2. The van der Waals surface area contributed by atoms with Crippen LogP contribution in [0.15, 0.2) is 72.8 Å². The quantitative estimate of drug-likeness (QED) is 0.612. The molecule has 3 aromatic carbocycles. The third kappa shape index (κ3) is 4.67. The van der Waals surface area contributed by atoms with Crippen LogP contribution in [-0.2, 0) is 24.4 Å². The van der Waals surface area contributed by atoms with Crippen LogP contribution in [0.2, 0.25) is 0 Å². The summed E-state index contributed by atoms with van der Waals surface area (Å²) >= 11 is 0. The van der Waals surface area contributed by atoms with Gasteiger partial charge < -0.3 is 15.4 Å². The van der Waals surface area contributed by atoms with Crippen LogP contribution in [0.1, 0.15) is 27.0 Å². The van der Waals surface area contributed by atoms with Crippen LogP contribution in [0.4, 0.5) is 16.2 Å². The van der Waals surface area contributed by atoms with E-state index in [1.807, 2.05) is 18.2 Å². The minimum absolute atomic E-state index is 0.333. The molecule has 0 radical (unpaired) electrons. The van der Waals surface area contributed by atoms with Crippen molar-refractivity contribution in [3.8, 4) is 0 Å². The molecular weight excluding hydrogens is 378 g/mol. The van der Waals surface area contributed by atoms with Crippen molar-refractivity contribution < 1.29 is 14.3 Å². The van der Waals surface area contributed by atoms with Gasteiger partial charge in [-0.3, -0.25) is 4.90 Å². The van der Waals surface area contributed by atoms with Crippen molar-refractivity contribution in [2.24, 2.45) is 0 Å². The Morgan fingerprint density at radius 3 is 2.27 bits per heavy atom. The summed E-state index contributed by atoms with van der Waals surface area (Å²) in [5.74, 6) is -0.412. The average molecular weight is 401 g/mol. The van der Waals surface area contributed by atoms with Gasteiger partial charge in [0.1, 0.15) is 0 Å². The number of esters is 1. The number of ether oxygens (including phenoxy) is 1. The van der Waals surface area contributed by atoms with Gasteiger partial charge in [0.15, 0.2) is 0 Å². The Labute approximate surface area is 175 Å². The number of hydrogen-bond acceptors (Lipinski definition) is 4. The third-order valence-electron chi connectivity index (χ3n) is 5.06. The number of urea groups is 1. The maximum absolute atomic E-state index is 12.3. The molecule has 0 unspecified atom stereocenters. The predicted octanol–water partition coefficient (Wildman–Crippen LogP) is 4.63. The highest BCUT2D eigenvalue weighted by Gasteiger charge is 2.19. The number of methoxy groups -OCH3 is 1. The minimum atomic E-state index is -0.412. The number of amides is 2. The molecule has 3 aromatic rings. The lowest BCUT2D eigenvalue weighted by atomic mass is 10.1. The molecule has 152 valence electrons. The molecule has 0 aliphatic carbocycles. The summed E-state index contributed by atoms with van der Waals surface area (Å²) in [5.41, 5.74) is 5.58. The highest BCUT2D eigenvalue weighted by atomic mass is 16.5. The van der Waals surface area contributed by atoms with Gasteiger partial charge in [0.05, 0.1) is 12.7 Å². The number of fused-ring (bicyclic) bond motifs is 1. The molecule has 1 heterocycles. The van der Waals surface area contributed by atoms with E-state index in [9.17, 15) is 9.59 Å². The van der Waals surface area contributed by atoms with Crippen molar-refractivity contribution in [3.63, 3.8) is 0 Å². The predicted molar refractivity (Wildman–Crippen MR) is 116 cm³/mol. The minimum Gasteiger partial charge on any atom is -0.465 e. The number of rotatable bonds is 5. The maximum Gasteiger partial charge on any atom is 0.337 e. The van der Waals surface area contributed by atoms with Gasteiger partial charge in [0.25, 0.3) is 0 Å². The van der Waals surface area contributed by atoms with Gasteiger partial charge in [-0.25, -0.2) is 9.59 Å². The summed E-state index contributed by atoms with van der Waals surface area (Å²) in [7, 11) is 1.33. The SMILES string of the molecule is COC(=O)c1ccc(NC(=O)Nc2ccc3c(c2)CN(Cc2ccccc2)C3)cc1. The van der Waals surface area contributed by atoms with Gasteiger partial charge in [-0.1, -0.05) is 36.4 Å². The summed E-state index contributed by atoms with van der Waals surface area (Å²) < 4.78 is 4.67. The zero-order chi connectivity index (χ0) is 20.9. The molecular formula is C24H23N3O3. The monoisotopic (exact) mass is 401 g/mol. The Kier molecular flexibility index (Phi) is 5.77. The number of carbonyl (C=O) groups is 2. The standard InChI is InChI=1S/C24H23N3O3/c1-30-23(28)18-7-10-21(11-8-18)25-24(29)26-22-12-9-19-15-27(16-20(19)13-22)14-17-5-3-2-4-6-17/h2-13H,14-16H2,1H3,(H2,25,26,29). The summed E-state index contributed by atoms with van der Waals surface area (Å²) in [6.45, 7) is 2.67. The van der Waals surface area contributed by atoms with Crippen molar-refractivity contribution in [1.82, 2.24) is 4.90 Å². The van der Waals surface area contributed by atoms with Crippen molar-refractivity contribution in [2.45, 2.75) is 19.6 Å². The summed E-state index contributed by atoms with van der Waals surface area (Å²) in [6, 6.07) is 22.6. The van der Waals surface area contributed by atoms with E-state index >= 15 is 0 Å². The summed E-state index contributed by atoms with van der Waals surface area (Å²) in [5, 5.41) is 5.64. The zero-order valence-electron chi connectivity index (χ0n) is 16.7. The van der Waals surface area contributed by atoms with Crippen molar-refractivity contribution >= 4 is 23.4 Å². The Balaban J connectivity index is 1.34. The van der Waals surface area contributed by atoms with Crippen LogP contribution in [0.25, 0.3) is 0 Å². The molecule has 0 saturated carbocycles. The fraction of sp³-hybridized carbons (Fsp3) is 0.167. The van der Waals surface area contributed by atoms with E-state index in [-0.39, 0.29) is 6.03 Å². The van der Waals surface area contributed by atoms with Gasteiger partial charge in [0, 0.05) is 31.0 Å². The van der Waals surface area contributed by atoms with Crippen LogP contribution in [0, 0.1) is 0 Å². The first-order chi connectivity index (χ1) is 14.6. The number of hydrogen-bond donors (Lipinski definition) is 2. The lowest BCUT2D eigenvalue weighted by Crippen LogP contribution is -2.19. The van der Waals surface area contributed by atoms with Crippen LogP contribution in [0.3, 0.4) is 0 Å². The highest BCUT2D eigenvalue weighted by molar-refractivity contribution is 6.00. The van der Waals surface area contributed by atoms with Crippen molar-refractivity contribution in [3.05, 3.63) is 95.1 Å². The van der Waals surface area contributed by atoms with E-state index in [4.69, 9.17) is 0 Å². The first kappa shape index (κ1) is 19.7. The van der Waals surface area contributed by atoms with Crippen LogP contribution in [0.5, 0.6) is 0 Å². The lowest BCUT2D eigenvalue weighted by molar-refractivity contribution is 0.0600. The van der Waals surface area contributed by atoms with Gasteiger partial charge in [-0.05, 0) is 53.1 Å².